The highest BCUT2D eigenvalue weighted by atomic mass is 16.2. The largest absolute Gasteiger partial charge is 0.343 e. The van der Waals surface area contributed by atoms with E-state index >= 15 is 0 Å². The van der Waals surface area contributed by atoms with Crippen molar-refractivity contribution in [2.45, 2.75) is 118 Å². The van der Waals surface area contributed by atoms with Crippen LogP contribution >= 0.6 is 0 Å². The minimum absolute atomic E-state index is 0.0357. The first-order valence-electron chi connectivity index (χ1n) is 16.5. The Morgan fingerprint density at radius 2 is 0.875 bits per heavy atom. The molecule has 0 bridgehead atoms. The lowest BCUT2D eigenvalue weighted by molar-refractivity contribution is -0.142. The topological polar surface area (TPSA) is 81.2 Å². The van der Waals surface area contributed by atoms with Gasteiger partial charge in [0, 0.05) is 65.2 Å². The van der Waals surface area contributed by atoms with Crippen LogP contribution in [0.4, 0.5) is 0 Å². The molecule has 4 amide bonds. The van der Waals surface area contributed by atoms with Gasteiger partial charge in [0.1, 0.15) is 0 Å². The number of carbonyl (C=O) groups excluding carboxylic acids is 4. The smallest absolute Gasteiger partial charge is 0.227 e. The summed E-state index contributed by atoms with van der Waals surface area (Å²) in [4.78, 5) is 58.4. The van der Waals surface area contributed by atoms with E-state index in [0.29, 0.717) is 25.9 Å². The molecular formula is C32H58N4O4. The van der Waals surface area contributed by atoms with Gasteiger partial charge in [0.25, 0.3) is 0 Å². The number of piperidine rings is 2. The summed E-state index contributed by atoms with van der Waals surface area (Å²) < 4.78 is 0. The van der Waals surface area contributed by atoms with Crippen molar-refractivity contribution in [1.29, 1.82) is 0 Å². The van der Waals surface area contributed by atoms with Crippen molar-refractivity contribution in [3.05, 3.63) is 0 Å². The second-order valence-corrected chi connectivity index (χ2v) is 11.7. The van der Waals surface area contributed by atoms with Gasteiger partial charge in [-0.3, -0.25) is 19.2 Å². The summed E-state index contributed by atoms with van der Waals surface area (Å²) in [5.41, 5.74) is 0. The Hall–Kier alpha value is -2.12. The number of unbranched alkanes of at least 4 members (excludes halogenated alkanes) is 7. The molecule has 8 heteroatoms. The molecule has 0 spiro atoms. The third kappa shape index (κ3) is 11.0. The van der Waals surface area contributed by atoms with Gasteiger partial charge in [-0.05, 0) is 66.2 Å². The van der Waals surface area contributed by atoms with Crippen molar-refractivity contribution in [2.24, 2.45) is 11.8 Å². The highest BCUT2D eigenvalue weighted by Crippen LogP contribution is 2.22. The Morgan fingerprint density at radius 3 is 1.20 bits per heavy atom. The quantitative estimate of drug-likeness (QED) is 0.231. The van der Waals surface area contributed by atoms with Crippen LogP contribution in [-0.2, 0) is 19.2 Å². The Balaban J connectivity index is 1.51. The third-order valence-electron chi connectivity index (χ3n) is 8.93. The summed E-state index contributed by atoms with van der Waals surface area (Å²) in [7, 11) is 0. The molecule has 0 aromatic heterocycles. The van der Waals surface area contributed by atoms with E-state index < -0.39 is 0 Å². The van der Waals surface area contributed by atoms with Crippen molar-refractivity contribution >= 4 is 23.6 Å². The molecule has 0 N–H and O–H groups in total. The number of hydrogen-bond donors (Lipinski definition) is 0. The molecule has 2 aliphatic rings. The van der Waals surface area contributed by atoms with Gasteiger partial charge in [0.2, 0.25) is 23.6 Å². The summed E-state index contributed by atoms with van der Waals surface area (Å²) in [6.45, 7) is 13.7. The second-order valence-electron chi connectivity index (χ2n) is 11.7. The number of rotatable bonds is 17. The molecular weight excluding hydrogens is 504 g/mol. The monoisotopic (exact) mass is 562 g/mol. The maximum absolute atomic E-state index is 12.7. The number of likely N-dealkylation sites (tertiary alicyclic amines) is 2. The molecule has 2 atom stereocenters. The Morgan fingerprint density at radius 1 is 0.550 bits per heavy atom. The Labute approximate surface area is 244 Å². The van der Waals surface area contributed by atoms with E-state index in [4.69, 9.17) is 0 Å². The van der Waals surface area contributed by atoms with Gasteiger partial charge in [0.15, 0.2) is 0 Å². The second kappa shape index (κ2) is 19.1. The van der Waals surface area contributed by atoms with Gasteiger partial charge >= 0.3 is 0 Å². The van der Waals surface area contributed by atoms with Crippen LogP contribution in [0.5, 0.6) is 0 Å². The van der Waals surface area contributed by atoms with Crippen molar-refractivity contribution in [1.82, 2.24) is 19.6 Å². The lowest BCUT2D eigenvalue weighted by Crippen LogP contribution is -2.46. The molecule has 0 aromatic carbocycles. The van der Waals surface area contributed by atoms with Gasteiger partial charge in [-0.2, -0.15) is 0 Å². The number of hydrogen-bond acceptors (Lipinski definition) is 4. The van der Waals surface area contributed by atoms with Crippen LogP contribution in [-0.4, -0.2) is 95.6 Å². The first kappa shape index (κ1) is 34.1. The third-order valence-corrected chi connectivity index (χ3v) is 8.93. The lowest BCUT2D eigenvalue weighted by Gasteiger charge is -2.34. The predicted octanol–water partition coefficient (Wildman–Crippen LogP) is 5.10. The summed E-state index contributed by atoms with van der Waals surface area (Å²) in [6.07, 6.45) is 13.4. The number of amides is 4. The van der Waals surface area contributed by atoms with Crippen LogP contribution in [0, 0.1) is 11.8 Å². The fourth-order valence-electron chi connectivity index (χ4n) is 6.33. The maximum Gasteiger partial charge on any atom is 0.227 e. The van der Waals surface area contributed by atoms with E-state index in [0.717, 1.165) is 103 Å². The molecule has 0 radical (unpaired) electrons. The van der Waals surface area contributed by atoms with Crippen LogP contribution in [0.15, 0.2) is 0 Å². The lowest BCUT2D eigenvalue weighted by atomic mass is 9.95. The normalized spacial score (nSPS) is 19.4. The zero-order valence-corrected chi connectivity index (χ0v) is 26.1. The van der Waals surface area contributed by atoms with Crippen molar-refractivity contribution in [3.63, 3.8) is 0 Å². The average Bonchev–Trinajstić information content (AvgIpc) is 2.99. The highest BCUT2D eigenvalue weighted by molar-refractivity contribution is 5.82. The van der Waals surface area contributed by atoms with Crippen LogP contribution < -0.4 is 0 Å². The first-order chi connectivity index (χ1) is 19.4. The van der Waals surface area contributed by atoms with Gasteiger partial charge < -0.3 is 19.6 Å². The summed E-state index contributed by atoms with van der Waals surface area (Å²) >= 11 is 0. The molecule has 0 saturated carbocycles. The minimum Gasteiger partial charge on any atom is -0.343 e. The van der Waals surface area contributed by atoms with E-state index in [9.17, 15) is 19.2 Å². The minimum atomic E-state index is -0.0357. The fourth-order valence-corrected chi connectivity index (χ4v) is 6.33. The fraction of sp³-hybridized carbons (Fsp3) is 0.875. The highest BCUT2D eigenvalue weighted by Gasteiger charge is 2.31. The molecule has 2 fully saturated rings. The Bertz CT molecular complexity index is 717. The summed E-state index contributed by atoms with van der Waals surface area (Å²) in [5.74, 6) is 0.750. The standard InChI is InChI=1S/C32H58N4O4/c1-5-33(6-2)31(39)27-19-17-23-35(25-27)29(37)21-15-13-11-9-10-12-14-16-22-30(38)36-24-18-20-28(26-36)32(40)34(7-3)8-4/h27-28H,5-26H2,1-4H3. The molecule has 2 saturated heterocycles. The zero-order valence-electron chi connectivity index (χ0n) is 26.1. The van der Waals surface area contributed by atoms with Gasteiger partial charge in [-0.1, -0.05) is 38.5 Å². The van der Waals surface area contributed by atoms with Gasteiger partial charge in [0.05, 0.1) is 11.8 Å². The molecule has 8 nitrogen and oxygen atoms in total. The van der Waals surface area contributed by atoms with Crippen molar-refractivity contribution < 1.29 is 19.2 Å². The predicted molar refractivity (Wildman–Crippen MR) is 161 cm³/mol. The van der Waals surface area contributed by atoms with Crippen LogP contribution in [0.3, 0.4) is 0 Å². The average molecular weight is 563 g/mol. The Kier molecular flexibility index (Phi) is 16.3. The molecule has 0 aliphatic carbocycles. The van der Waals surface area contributed by atoms with E-state index in [1.165, 1.54) is 12.8 Å². The maximum atomic E-state index is 12.7. The zero-order chi connectivity index (χ0) is 29.3. The molecule has 0 aromatic rings. The van der Waals surface area contributed by atoms with Crippen LogP contribution in [0.25, 0.3) is 0 Å². The van der Waals surface area contributed by atoms with Crippen molar-refractivity contribution in [3.8, 4) is 0 Å². The summed E-state index contributed by atoms with van der Waals surface area (Å²) in [5, 5.41) is 0. The first-order valence-corrected chi connectivity index (χ1v) is 16.5. The van der Waals surface area contributed by atoms with Crippen LogP contribution in [0.1, 0.15) is 118 Å². The van der Waals surface area contributed by atoms with Crippen molar-refractivity contribution in [2.75, 3.05) is 52.4 Å². The number of carbonyl (C=O) groups is 4. The van der Waals surface area contributed by atoms with E-state index in [1.54, 1.807) is 0 Å². The molecule has 2 heterocycles. The van der Waals surface area contributed by atoms with E-state index in [1.807, 2.05) is 47.3 Å². The molecule has 40 heavy (non-hydrogen) atoms. The van der Waals surface area contributed by atoms with Gasteiger partial charge in [-0.25, -0.2) is 0 Å². The van der Waals surface area contributed by atoms with Crippen LogP contribution in [0.2, 0.25) is 0 Å². The van der Waals surface area contributed by atoms with E-state index in [-0.39, 0.29) is 35.5 Å². The SMILES string of the molecule is CCN(CC)C(=O)C1CCCN(C(=O)CCCCCCCCCCC(=O)N2CCCC(C(=O)N(CC)CC)C2)C1. The molecule has 230 valence electrons. The number of nitrogens with zero attached hydrogens (tertiary/aromatic N) is 4. The summed E-state index contributed by atoms with van der Waals surface area (Å²) in [6, 6.07) is 0. The van der Waals surface area contributed by atoms with E-state index in [2.05, 4.69) is 0 Å². The molecule has 2 unspecified atom stereocenters. The van der Waals surface area contributed by atoms with Gasteiger partial charge in [-0.15, -0.1) is 0 Å². The molecule has 2 rings (SSSR count). The molecule has 2 aliphatic heterocycles.